The predicted molar refractivity (Wildman–Crippen MR) is 75.4 cm³/mol. The molecule has 110 valence electrons. The van der Waals surface area contributed by atoms with Gasteiger partial charge in [0, 0.05) is 24.4 Å². The third-order valence-electron chi connectivity index (χ3n) is 2.84. The molecule has 21 heavy (non-hydrogen) atoms. The number of hydrogen-bond donors (Lipinski definition) is 2. The molecule has 0 aliphatic heterocycles. The second-order valence-corrected chi connectivity index (χ2v) is 4.27. The Morgan fingerprint density at radius 1 is 1.38 bits per heavy atom. The van der Waals surface area contributed by atoms with E-state index in [9.17, 15) is 9.59 Å². The summed E-state index contributed by atoms with van der Waals surface area (Å²) in [6.45, 7) is 0.199. The first kappa shape index (κ1) is 14.6. The molecule has 0 radical (unpaired) electrons. The summed E-state index contributed by atoms with van der Waals surface area (Å²) in [6.07, 6.45) is 1.52. The lowest BCUT2D eigenvalue weighted by Gasteiger charge is -2.08. The molecule has 1 aromatic heterocycles. The molecule has 1 aromatic carbocycles. The first-order chi connectivity index (χ1) is 10.1. The largest absolute Gasteiger partial charge is 0.497 e. The molecule has 0 aliphatic carbocycles. The Morgan fingerprint density at radius 2 is 2.19 bits per heavy atom. The Morgan fingerprint density at radius 3 is 2.90 bits per heavy atom. The molecule has 0 spiro atoms. The summed E-state index contributed by atoms with van der Waals surface area (Å²) >= 11 is 0. The highest BCUT2D eigenvalue weighted by atomic mass is 16.5. The Balaban J connectivity index is 1.92. The molecule has 0 aliphatic rings. The lowest BCUT2D eigenvalue weighted by Crippen LogP contribution is -2.17. The Hall–Kier alpha value is -2.83. The van der Waals surface area contributed by atoms with Gasteiger partial charge in [0.05, 0.1) is 13.7 Å². The van der Waals surface area contributed by atoms with E-state index in [1.165, 1.54) is 16.9 Å². The molecule has 0 saturated heterocycles. The quantitative estimate of drug-likeness (QED) is 0.842. The zero-order valence-corrected chi connectivity index (χ0v) is 11.4. The van der Waals surface area contributed by atoms with Crippen LogP contribution < -0.4 is 10.1 Å². The number of carbonyl (C=O) groups excluding carboxylic acids is 1. The number of aromatic nitrogens is 2. The number of amides is 1. The van der Waals surface area contributed by atoms with Crippen molar-refractivity contribution in [2.45, 2.75) is 13.0 Å². The number of aromatic carboxylic acids is 1. The number of rotatable bonds is 6. The van der Waals surface area contributed by atoms with Gasteiger partial charge < -0.3 is 15.2 Å². The van der Waals surface area contributed by atoms with Crippen LogP contribution in [0.15, 0.2) is 36.5 Å². The Labute approximate surface area is 121 Å². The molecule has 0 bridgehead atoms. The van der Waals surface area contributed by atoms with Crippen LogP contribution in [0.25, 0.3) is 0 Å². The van der Waals surface area contributed by atoms with E-state index in [0.29, 0.717) is 11.4 Å². The number of carboxylic acid groups (broad SMARTS) is 1. The van der Waals surface area contributed by atoms with Gasteiger partial charge in [-0.1, -0.05) is 6.07 Å². The number of anilines is 1. The van der Waals surface area contributed by atoms with Crippen LogP contribution >= 0.6 is 0 Å². The molecule has 7 heteroatoms. The van der Waals surface area contributed by atoms with Crippen LogP contribution in [0.3, 0.4) is 0 Å². The monoisotopic (exact) mass is 289 g/mol. The van der Waals surface area contributed by atoms with Crippen LogP contribution in [-0.2, 0) is 11.3 Å². The van der Waals surface area contributed by atoms with Crippen LogP contribution in [0.4, 0.5) is 5.69 Å². The van der Waals surface area contributed by atoms with Crippen molar-refractivity contribution in [1.29, 1.82) is 0 Å². The van der Waals surface area contributed by atoms with E-state index in [0.717, 1.165) is 0 Å². The lowest BCUT2D eigenvalue weighted by molar-refractivity contribution is -0.116. The Bertz CT molecular complexity index is 651. The van der Waals surface area contributed by atoms with Gasteiger partial charge in [-0.3, -0.25) is 9.48 Å². The minimum absolute atomic E-state index is 0.0594. The molecule has 1 heterocycles. The van der Waals surface area contributed by atoms with Crippen LogP contribution in [0.5, 0.6) is 5.75 Å². The van der Waals surface area contributed by atoms with E-state index >= 15 is 0 Å². The van der Waals surface area contributed by atoms with Crippen molar-refractivity contribution >= 4 is 17.6 Å². The number of methoxy groups -OCH3 is 1. The van der Waals surface area contributed by atoms with E-state index < -0.39 is 5.97 Å². The van der Waals surface area contributed by atoms with Gasteiger partial charge in [0.25, 0.3) is 0 Å². The minimum Gasteiger partial charge on any atom is -0.497 e. The smallest absolute Gasteiger partial charge is 0.354 e. The van der Waals surface area contributed by atoms with Gasteiger partial charge >= 0.3 is 5.97 Å². The number of carboxylic acids is 1. The maximum Gasteiger partial charge on any atom is 0.354 e. The van der Waals surface area contributed by atoms with E-state index in [1.54, 1.807) is 31.4 Å². The zero-order valence-electron chi connectivity index (χ0n) is 11.4. The van der Waals surface area contributed by atoms with Crippen molar-refractivity contribution in [3.8, 4) is 5.75 Å². The molecule has 2 aromatic rings. The summed E-state index contributed by atoms with van der Waals surface area (Å²) in [4.78, 5) is 22.8. The summed E-state index contributed by atoms with van der Waals surface area (Å²) in [6, 6.07) is 8.39. The maximum absolute atomic E-state index is 11.8. The number of hydrogen-bond acceptors (Lipinski definition) is 4. The van der Waals surface area contributed by atoms with Crippen molar-refractivity contribution in [2.75, 3.05) is 12.4 Å². The fourth-order valence-electron chi connectivity index (χ4n) is 1.82. The maximum atomic E-state index is 11.8. The molecule has 0 unspecified atom stereocenters. The summed E-state index contributed by atoms with van der Waals surface area (Å²) in [5.74, 6) is -0.649. The SMILES string of the molecule is COc1cccc(NC(=O)CCn2nccc2C(=O)O)c1. The summed E-state index contributed by atoms with van der Waals surface area (Å²) in [5.41, 5.74) is 0.683. The third kappa shape index (κ3) is 3.82. The van der Waals surface area contributed by atoms with E-state index in [-0.39, 0.29) is 24.6 Å². The van der Waals surface area contributed by atoms with Crippen LogP contribution in [0.1, 0.15) is 16.9 Å². The van der Waals surface area contributed by atoms with E-state index in [4.69, 9.17) is 9.84 Å². The first-order valence-corrected chi connectivity index (χ1v) is 6.29. The minimum atomic E-state index is -1.07. The van der Waals surface area contributed by atoms with Crippen LogP contribution in [0.2, 0.25) is 0 Å². The summed E-state index contributed by atoms with van der Waals surface area (Å²) < 4.78 is 6.35. The number of nitrogens with one attached hydrogen (secondary N) is 1. The molecular weight excluding hydrogens is 274 g/mol. The highest BCUT2D eigenvalue weighted by molar-refractivity contribution is 5.91. The average Bonchev–Trinajstić information content (AvgIpc) is 2.94. The molecule has 0 atom stereocenters. The highest BCUT2D eigenvalue weighted by Crippen LogP contribution is 2.16. The normalized spacial score (nSPS) is 10.1. The molecule has 0 saturated carbocycles. The van der Waals surface area contributed by atoms with Crippen LogP contribution in [-0.4, -0.2) is 33.9 Å². The van der Waals surface area contributed by atoms with Gasteiger partial charge in [0.2, 0.25) is 5.91 Å². The zero-order chi connectivity index (χ0) is 15.2. The van der Waals surface area contributed by atoms with Crippen molar-refractivity contribution in [3.63, 3.8) is 0 Å². The Kier molecular flexibility index (Phi) is 4.55. The van der Waals surface area contributed by atoms with Gasteiger partial charge in [-0.25, -0.2) is 4.79 Å². The number of aryl methyl sites for hydroxylation is 1. The number of ether oxygens (including phenoxy) is 1. The molecule has 0 fully saturated rings. The molecule has 2 rings (SSSR count). The van der Waals surface area contributed by atoms with Crippen molar-refractivity contribution in [2.24, 2.45) is 0 Å². The fourth-order valence-corrected chi connectivity index (χ4v) is 1.82. The van der Waals surface area contributed by atoms with Gasteiger partial charge in [-0.15, -0.1) is 0 Å². The second kappa shape index (κ2) is 6.56. The van der Waals surface area contributed by atoms with Gasteiger partial charge in [-0.2, -0.15) is 5.10 Å². The standard InChI is InChI=1S/C14H15N3O4/c1-21-11-4-2-3-10(9-11)16-13(18)6-8-17-12(14(19)20)5-7-15-17/h2-5,7,9H,6,8H2,1H3,(H,16,18)(H,19,20). The number of nitrogens with zero attached hydrogens (tertiary/aromatic N) is 2. The van der Waals surface area contributed by atoms with Crippen molar-refractivity contribution in [3.05, 3.63) is 42.2 Å². The second-order valence-electron chi connectivity index (χ2n) is 4.27. The van der Waals surface area contributed by atoms with Gasteiger partial charge in [0.1, 0.15) is 11.4 Å². The third-order valence-corrected chi connectivity index (χ3v) is 2.84. The molecule has 7 nitrogen and oxygen atoms in total. The van der Waals surface area contributed by atoms with Crippen molar-refractivity contribution < 1.29 is 19.4 Å². The summed E-state index contributed by atoms with van der Waals surface area (Å²) in [7, 11) is 1.55. The van der Waals surface area contributed by atoms with E-state index in [1.807, 2.05) is 0 Å². The lowest BCUT2D eigenvalue weighted by atomic mass is 10.3. The number of benzene rings is 1. The van der Waals surface area contributed by atoms with Gasteiger partial charge in [0.15, 0.2) is 0 Å². The van der Waals surface area contributed by atoms with Crippen molar-refractivity contribution in [1.82, 2.24) is 9.78 Å². The number of carbonyl (C=O) groups is 2. The van der Waals surface area contributed by atoms with E-state index in [2.05, 4.69) is 10.4 Å². The summed E-state index contributed by atoms with van der Waals surface area (Å²) in [5, 5.41) is 15.5. The van der Waals surface area contributed by atoms with Gasteiger partial charge in [-0.05, 0) is 18.2 Å². The first-order valence-electron chi connectivity index (χ1n) is 6.29. The topological polar surface area (TPSA) is 93.5 Å². The highest BCUT2D eigenvalue weighted by Gasteiger charge is 2.11. The average molecular weight is 289 g/mol. The fraction of sp³-hybridized carbons (Fsp3) is 0.214. The van der Waals surface area contributed by atoms with Crippen LogP contribution in [0, 0.1) is 0 Å². The molecular formula is C14H15N3O4. The molecule has 1 amide bonds. The molecule has 2 N–H and O–H groups in total. The predicted octanol–water partition coefficient (Wildman–Crippen LogP) is 1.62.